The minimum Gasteiger partial charge on any atom is -0.481 e. The molecule has 2 heterocycles. The van der Waals surface area contributed by atoms with Crippen molar-refractivity contribution >= 4 is 11.8 Å². The number of carboxylic acids is 1. The molecular formula is C10H11NO4. The van der Waals surface area contributed by atoms with E-state index < -0.39 is 5.97 Å². The van der Waals surface area contributed by atoms with Crippen molar-refractivity contribution in [3.8, 4) is 0 Å². The lowest BCUT2D eigenvalue weighted by Gasteiger charge is -2.35. The summed E-state index contributed by atoms with van der Waals surface area (Å²) >= 11 is 0. The summed E-state index contributed by atoms with van der Waals surface area (Å²) in [6.45, 7) is 1.13. The zero-order valence-electron chi connectivity index (χ0n) is 8.05. The number of furan rings is 1. The molecule has 0 radical (unpaired) electrons. The molecular weight excluding hydrogens is 198 g/mol. The van der Waals surface area contributed by atoms with Gasteiger partial charge >= 0.3 is 5.97 Å². The monoisotopic (exact) mass is 209 g/mol. The molecule has 0 spiro atoms. The highest BCUT2D eigenvalue weighted by atomic mass is 16.4. The Bertz CT molecular complexity index is 365. The number of Topliss-reactive ketones (excluding diaryl/α,β-unsaturated/α-hetero) is 1. The number of aliphatic carboxylic acids is 1. The van der Waals surface area contributed by atoms with E-state index in [1.54, 1.807) is 17.0 Å². The molecule has 1 aromatic heterocycles. The Balaban J connectivity index is 1.81. The number of hydrogen-bond donors (Lipinski definition) is 1. The molecule has 1 aliphatic heterocycles. The first kappa shape index (κ1) is 9.92. The predicted octanol–water partition coefficient (Wildman–Crippen LogP) is 0.479. The number of rotatable bonds is 4. The van der Waals surface area contributed by atoms with Gasteiger partial charge in [-0.2, -0.15) is 0 Å². The summed E-state index contributed by atoms with van der Waals surface area (Å²) in [7, 11) is 0. The fraction of sp³-hybridized carbons (Fsp3) is 0.400. The smallest absolute Gasteiger partial charge is 0.309 e. The van der Waals surface area contributed by atoms with Crippen molar-refractivity contribution in [3.63, 3.8) is 0 Å². The molecule has 5 nitrogen and oxygen atoms in total. The van der Waals surface area contributed by atoms with Gasteiger partial charge in [-0.1, -0.05) is 0 Å². The van der Waals surface area contributed by atoms with Gasteiger partial charge in [-0.3, -0.25) is 14.5 Å². The van der Waals surface area contributed by atoms with Gasteiger partial charge in [0.05, 0.1) is 18.7 Å². The van der Waals surface area contributed by atoms with Crippen LogP contribution < -0.4 is 0 Å². The van der Waals surface area contributed by atoms with Crippen molar-refractivity contribution in [2.24, 2.45) is 5.92 Å². The maximum atomic E-state index is 11.5. The molecule has 0 aliphatic carbocycles. The van der Waals surface area contributed by atoms with E-state index >= 15 is 0 Å². The van der Waals surface area contributed by atoms with Crippen LogP contribution in [0.1, 0.15) is 10.6 Å². The summed E-state index contributed by atoms with van der Waals surface area (Å²) in [4.78, 5) is 23.8. The Morgan fingerprint density at radius 3 is 2.80 bits per heavy atom. The SMILES string of the molecule is O=C(CN1CC(C(=O)O)C1)c1ccco1. The van der Waals surface area contributed by atoms with Gasteiger partial charge in [0.2, 0.25) is 5.78 Å². The summed E-state index contributed by atoms with van der Waals surface area (Å²) in [5, 5.41) is 8.64. The van der Waals surface area contributed by atoms with E-state index in [4.69, 9.17) is 9.52 Å². The molecule has 1 fully saturated rings. The lowest BCUT2D eigenvalue weighted by atomic mass is 10.0. The molecule has 2 rings (SSSR count). The average Bonchev–Trinajstić information content (AvgIpc) is 2.61. The standard InChI is InChI=1S/C10H11NO4/c12-8(9-2-1-3-15-9)6-11-4-7(5-11)10(13)14/h1-3,7H,4-6H2,(H,13,14). The molecule has 0 atom stereocenters. The molecule has 0 aromatic carbocycles. The second-order valence-corrected chi connectivity index (χ2v) is 3.63. The van der Waals surface area contributed by atoms with Gasteiger partial charge in [0, 0.05) is 13.1 Å². The number of nitrogens with zero attached hydrogens (tertiary/aromatic N) is 1. The molecule has 0 saturated carbocycles. The van der Waals surface area contributed by atoms with Crippen molar-refractivity contribution in [2.75, 3.05) is 19.6 Å². The highest BCUT2D eigenvalue weighted by molar-refractivity contribution is 5.95. The van der Waals surface area contributed by atoms with Crippen LogP contribution in [0.5, 0.6) is 0 Å². The van der Waals surface area contributed by atoms with Crippen molar-refractivity contribution in [1.82, 2.24) is 4.90 Å². The molecule has 0 bridgehead atoms. The lowest BCUT2D eigenvalue weighted by molar-refractivity contribution is -0.147. The van der Waals surface area contributed by atoms with Crippen LogP contribution in [0.3, 0.4) is 0 Å². The van der Waals surface area contributed by atoms with Crippen LogP contribution in [-0.4, -0.2) is 41.4 Å². The fourth-order valence-electron chi connectivity index (χ4n) is 1.57. The largest absolute Gasteiger partial charge is 0.481 e. The maximum absolute atomic E-state index is 11.5. The van der Waals surface area contributed by atoms with Crippen molar-refractivity contribution in [3.05, 3.63) is 24.2 Å². The van der Waals surface area contributed by atoms with Gasteiger partial charge < -0.3 is 9.52 Å². The summed E-state index contributed by atoms with van der Waals surface area (Å²) in [6, 6.07) is 3.26. The molecule has 1 aliphatic rings. The van der Waals surface area contributed by atoms with Crippen LogP contribution in [0.25, 0.3) is 0 Å². The summed E-state index contributed by atoms with van der Waals surface area (Å²) in [5.41, 5.74) is 0. The molecule has 5 heteroatoms. The molecule has 80 valence electrons. The zero-order valence-corrected chi connectivity index (χ0v) is 8.05. The number of carbonyl (C=O) groups is 2. The van der Waals surface area contributed by atoms with E-state index in [0.29, 0.717) is 18.8 Å². The van der Waals surface area contributed by atoms with E-state index in [9.17, 15) is 9.59 Å². The highest BCUT2D eigenvalue weighted by Gasteiger charge is 2.33. The number of likely N-dealkylation sites (tertiary alicyclic amines) is 1. The van der Waals surface area contributed by atoms with E-state index in [-0.39, 0.29) is 18.2 Å². The molecule has 1 saturated heterocycles. The number of carboxylic acid groups (broad SMARTS) is 1. The van der Waals surface area contributed by atoms with Crippen LogP contribution in [0.2, 0.25) is 0 Å². The van der Waals surface area contributed by atoms with Gasteiger partial charge in [0.15, 0.2) is 5.76 Å². The van der Waals surface area contributed by atoms with Gasteiger partial charge in [0.25, 0.3) is 0 Å². The Labute approximate surface area is 86.3 Å². The molecule has 0 unspecified atom stereocenters. The molecule has 1 N–H and O–H groups in total. The lowest BCUT2D eigenvalue weighted by Crippen LogP contribution is -2.51. The molecule has 0 amide bonds. The minimum atomic E-state index is -0.795. The van der Waals surface area contributed by atoms with Gasteiger partial charge in [-0.25, -0.2) is 0 Å². The third-order valence-corrected chi connectivity index (χ3v) is 2.47. The number of hydrogen-bond acceptors (Lipinski definition) is 4. The van der Waals surface area contributed by atoms with Gasteiger partial charge in [-0.05, 0) is 12.1 Å². The minimum absolute atomic E-state index is 0.108. The van der Waals surface area contributed by atoms with E-state index in [1.165, 1.54) is 6.26 Å². The predicted molar refractivity (Wildman–Crippen MR) is 50.6 cm³/mol. The van der Waals surface area contributed by atoms with Crippen molar-refractivity contribution in [1.29, 1.82) is 0 Å². The third kappa shape index (κ3) is 2.07. The normalized spacial score (nSPS) is 17.3. The van der Waals surface area contributed by atoms with Crippen LogP contribution in [-0.2, 0) is 4.79 Å². The number of ketones is 1. The van der Waals surface area contributed by atoms with Crippen LogP contribution in [0, 0.1) is 5.92 Å². The first-order chi connectivity index (χ1) is 7.16. The Morgan fingerprint density at radius 2 is 2.27 bits per heavy atom. The Hall–Kier alpha value is -1.62. The van der Waals surface area contributed by atoms with Crippen LogP contribution in [0.15, 0.2) is 22.8 Å². The Morgan fingerprint density at radius 1 is 1.53 bits per heavy atom. The summed E-state index contributed by atoms with van der Waals surface area (Å²) in [5.74, 6) is -0.899. The van der Waals surface area contributed by atoms with E-state index in [2.05, 4.69) is 0 Å². The topological polar surface area (TPSA) is 70.8 Å². The Kier molecular flexibility index (Phi) is 2.55. The highest BCUT2D eigenvalue weighted by Crippen LogP contribution is 2.16. The quantitative estimate of drug-likeness (QED) is 0.730. The fourth-order valence-corrected chi connectivity index (χ4v) is 1.57. The summed E-state index contributed by atoms with van der Waals surface area (Å²) < 4.78 is 4.95. The second kappa shape index (κ2) is 3.86. The zero-order chi connectivity index (χ0) is 10.8. The van der Waals surface area contributed by atoms with Crippen molar-refractivity contribution < 1.29 is 19.1 Å². The van der Waals surface area contributed by atoms with E-state index in [0.717, 1.165) is 0 Å². The first-order valence-electron chi connectivity index (χ1n) is 4.68. The van der Waals surface area contributed by atoms with Gasteiger partial charge in [0.1, 0.15) is 0 Å². The molecule has 15 heavy (non-hydrogen) atoms. The second-order valence-electron chi connectivity index (χ2n) is 3.63. The van der Waals surface area contributed by atoms with Gasteiger partial charge in [-0.15, -0.1) is 0 Å². The first-order valence-corrected chi connectivity index (χ1v) is 4.68. The van der Waals surface area contributed by atoms with Crippen molar-refractivity contribution in [2.45, 2.75) is 0 Å². The maximum Gasteiger partial charge on any atom is 0.309 e. The summed E-state index contributed by atoms with van der Waals surface area (Å²) in [6.07, 6.45) is 1.45. The van der Waals surface area contributed by atoms with Crippen LogP contribution in [0.4, 0.5) is 0 Å². The van der Waals surface area contributed by atoms with Crippen LogP contribution >= 0.6 is 0 Å². The number of carbonyl (C=O) groups excluding carboxylic acids is 1. The third-order valence-electron chi connectivity index (χ3n) is 2.47. The van der Waals surface area contributed by atoms with E-state index in [1.807, 2.05) is 0 Å². The average molecular weight is 209 g/mol. The molecule has 1 aromatic rings.